The Bertz CT molecular complexity index is 1090. The molecule has 1 aliphatic heterocycles. The van der Waals surface area contributed by atoms with Gasteiger partial charge < -0.3 is 9.80 Å². The zero-order chi connectivity index (χ0) is 18.5. The maximum absolute atomic E-state index is 12.8. The number of nitrogens with zero attached hydrogens (tertiary/aromatic N) is 5. The Hall–Kier alpha value is -3.16. The Kier molecular flexibility index (Phi) is 3.53. The van der Waals surface area contributed by atoms with Gasteiger partial charge in [-0.3, -0.25) is 19.3 Å². The number of amides is 1. The molecule has 2 aliphatic rings. The lowest BCUT2D eigenvalue weighted by Gasteiger charge is -2.39. The summed E-state index contributed by atoms with van der Waals surface area (Å²) in [6.07, 6.45) is 2.36. The molecule has 1 saturated heterocycles. The van der Waals surface area contributed by atoms with Gasteiger partial charge >= 0.3 is 0 Å². The van der Waals surface area contributed by atoms with Crippen LogP contribution in [0.15, 0.2) is 35.3 Å². The van der Waals surface area contributed by atoms with Crippen molar-refractivity contribution in [2.45, 2.75) is 12.3 Å². The van der Waals surface area contributed by atoms with E-state index in [0.29, 0.717) is 43.2 Å². The van der Waals surface area contributed by atoms with E-state index in [2.05, 4.69) is 27.2 Å². The summed E-state index contributed by atoms with van der Waals surface area (Å²) < 4.78 is 1.60. The lowest BCUT2D eigenvalue weighted by molar-refractivity contribution is -0.133. The summed E-state index contributed by atoms with van der Waals surface area (Å²) in [6, 6.07) is 8.15. The molecule has 1 N–H and O–H groups in total. The molecule has 0 saturated carbocycles. The van der Waals surface area contributed by atoms with Crippen LogP contribution in [0.1, 0.15) is 17.0 Å². The van der Waals surface area contributed by atoms with Crippen LogP contribution in [0.3, 0.4) is 0 Å². The van der Waals surface area contributed by atoms with Gasteiger partial charge in [-0.2, -0.15) is 10.1 Å². The van der Waals surface area contributed by atoms with E-state index in [4.69, 9.17) is 0 Å². The fourth-order valence-electron chi connectivity index (χ4n) is 4.01. The predicted molar refractivity (Wildman–Crippen MR) is 101 cm³/mol. The monoisotopic (exact) mass is 364 g/mol. The van der Waals surface area contributed by atoms with E-state index in [9.17, 15) is 9.59 Å². The van der Waals surface area contributed by atoms with Gasteiger partial charge in [0.25, 0.3) is 5.56 Å². The van der Waals surface area contributed by atoms with Crippen molar-refractivity contribution in [1.29, 1.82) is 0 Å². The summed E-state index contributed by atoms with van der Waals surface area (Å²) in [7, 11) is 1.77. The molecule has 1 amide bonds. The number of H-pyrrole nitrogens is 1. The summed E-state index contributed by atoms with van der Waals surface area (Å²) in [5, 5.41) is 4.58. The van der Waals surface area contributed by atoms with E-state index in [-0.39, 0.29) is 17.4 Å². The summed E-state index contributed by atoms with van der Waals surface area (Å²) in [5.41, 5.74) is 2.82. The first kappa shape index (κ1) is 16.0. The van der Waals surface area contributed by atoms with Crippen molar-refractivity contribution in [2.24, 2.45) is 7.05 Å². The molecule has 8 heteroatoms. The van der Waals surface area contributed by atoms with Crippen LogP contribution in [0.25, 0.3) is 11.0 Å². The van der Waals surface area contributed by atoms with Gasteiger partial charge in [0.15, 0.2) is 5.65 Å². The lowest BCUT2D eigenvalue weighted by Crippen LogP contribution is -2.51. The third-order valence-corrected chi connectivity index (χ3v) is 5.63. The minimum absolute atomic E-state index is 0.00326. The molecule has 1 atom stereocenters. The van der Waals surface area contributed by atoms with Gasteiger partial charge in [-0.25, -0.2) is 0 Å². The van der Waals surface area contributed by atoms with Crippen molar-refractivity contribution in [1.82, 2.24) is 24.6 Å². The zero-order valence-electron chi connectivity index (χ0n) is 15.1. The van der Waals surface area contributed by atoms with E-state index in [1.807, 2.05) is 21.9 Å². The van der Waals surface area contributed by atoms with Crippen LogP contribution in [0.2, 0.25) is 0 Å². The first-order valence-electron chi connectivity index (χ1n) is 9.15. The lowest BCUT2D eigenvalue weighted by atomic mass is 9.77. The molecule has 8 nitrogen and oxygen atoms in total. The molecule has 0 spiro atoms. The average molecular weight is 364 g/mol. The Labute approximate surface area is 155 Å². The van der Waals surface area contributed by atoms with Crippen molar-refractivity contribution >= 4 is 22.9 Å². The van der Waals surface area contributed by atoms with Crippen LogP contribution in [-0.4, -0.2) is 56.7 Å². The molecule has 138 valence electrons. The van der Waals surface area contributed by atoms with Gasteiger partial charge in [0, 0.05) is 33.2 Å². The third kappa shape index (κ3) is 2.51. The Morgan fingerprint density at radius 1 is 1.19 bits per heavy atom. The van der Waals surface area contributed by atoms with Crippen molar-refractivity contribution in [3.8, 4) is 0 Å². The standard InChI is InChI=1S/C19H20N6O2/c1-23-16-15(11-20-23)17(26)22-19(21-16)25-8-6-24(7-9-25)18(27)14-10-12-4-2-3-5-13(12)14/h2-5,11,14H,6-10H2,1H3,(H,21,22,26). The number of piperazine rings is 1. The van der Waals surface area contributed by atoms with Gasteiger partial charge in [-0.15, -0.1) is 0 Å². The summed E-state index contributed by atoms with van der Waals surface area (Å²) in [5.74, 6) is 0.741. The van der Waals surface area contributed by atoms with Crippen LogP contribution in [-0.2, 0) is 18.3 Å². The number of nitrogens with one attached hydrogen (secondary N) is 1. The van der Waals surface area contributed by atoms with Gasteiger partial charge in [0.05, 0.1) is 12.1 Å². The molecule has 0 radical (unpaired) electrons. The molecule has 1 fully saturated rings. The van der Waals surface area contributed by atoms with Crippen LogP contribution in [0.5, 0.6) is 0 Å². The van der Waals surface area contributed by atoms with E-state index in [0.717, 1.165) is 12.0 Å². The molecule has 3 heterocycles. The maximum atomic E-state index is 12.8. The molecule has 27 heavy (non-hydrogen) atoms. The molecule has 2 aromatic heterocycles. The number of carbonyl (C=O) groups is 1. The summed E-state index contributed by atoms with van der Waals surface area (Å²) in [4.78, 5) is 36.4. The summed E-state index contributed by atoms with van der Waals surface area (Å²) in [6.45, 7) is 2.55. The van der Waals surface area contributed by atoms with Crippen molar-refractivity contribution in [3.05, 3.63) is 51.9 Å². The molecule has 5 rings (SSSR count). The Balaban J connectivity index is 1.30. The SMILES string of the molecule is Cn1ncc2c(=O)[nH]c(N3CCN(C(=O)C4Cc5ccccc54)CC3)nc21. The fourth-order valence-corrected chi connectivity index (χ4v) is 4.01. The van der Waals surface area contributed by atoms with Gasteiger partial charge in [-0.05, 0) is 17.5 Å². The topological polar surface area (TPSA) is 87.1 Å². The van der Waals surface area contributed by atoms with E-state index in [1.54, 1.807) is 11.7 Å². The quantitative estimate of drug-likeness (QED) is 0.721. The summed E-state index contributed by atoms with van der Waals surface area (Å²) >= 11 is 0. The Morgan fingerprint density at radius 2 is 1.96 bits per heavy atom. The van der Waals surface area contributed by atoms with Crippen LogP contribution < -0.4 is 10.5 Å². The highest BCUT2D eigenvalue weighted by molar-refractivity contribution is 5.87. The van der Waals surface area contributed by atoms with Gasteiger partial charge in [0.1, 0.15) is 5.39 Å². The molecule has 0 bridgehead atoms. The van der Waals surface area contributed by atoms with Gasteiger partial charge in [-0.1, -0.05) is 24.3 Å². The second-order valence-corrected chi connectivity index (χ2v) is 7.16. The fraction of sp³-hybridized carbons (Fsp3) is 0.368. The van der Waals surface area contributed by atoms with Crippen molar-refractivity contribution in [3.63, 3.8) is 0 Å². The van der Waals surface area contributed by atoms with Crippen molar-refractivity contribution in [2.75, 3.05) is 31.1 Å². The van der Waals surface area contributed by atoms with Crippen LogP contribution in [0.4, 0.5) is 5.95 Å². The largest absolute Gasteiger partial charge is 0.339 e. The average Bonchev–Trinajstić information content (AvgIpc) is 3.04. The minimum atomic E-state index is -0.187. The second kappa shape index (κ2) is 5.94. The highest BCUT2D eigenvalue weighted by Gasteiger charge is 2.35. The molecular weight excluding hydrogens is 344 g/mol. The number of aryl methyl sites for hydroxylation is 1. The number of carbonyl (C=O) groups excluding carboxylic acids is 1. The number of fused-ring (bicyclic) bond motifs is 2. The first-order valence-corrected chi connectivity index (χ1v) is 9.15. The predicted octanol–water partition coefficient (Wildman–Crippen LogP) is 0.645. The number of hydrogen-bond acceptors (Lipinski definition) is 5. The number of hydrogen-bond donors (Lipinski definition) is 1. The molecule has 1 aromatic carbocycles. The molecule has 1 aliphatic carbocycles. The normalized spacial score (nSPS) is 19.1. The molecule has 1 unspecified atom stereocenters. The number of anilines is 1. The minimum Gasteiger partial charge on any atom is -0.339 e. The smallest absolute Gasteiger partial charge is 0.263 e. The highest BCUT2D eigenvalue weighted by Crippen LogP contribution is 2.36. The molecule has 3 aromatic rings. The number of aromatic amines is 1. The zero-order valence-corrected chi connectivity index (χ0v) is 15.1. The van der Waals surface area contributed by atoms with Gasteiger partial charge in [0.2, 0.25) is 11.9 Å². The first-order chi connectivity index (χ1) is 13.1. The van der Waals surface area contributed by atoms with Crippen LogP contribution >= 0.6 is 0 Å². The number of benzene rings is 1. The Morgan fingerprint density at radius 3 is 2.74 bits per heavy atom. The number of aromatic nitrogens is 4. The second-order valence-electron chi connectivity index (χ2n) is 7.16. The third-order valence-electron chi connectivity index (χ3n) is 5.63. The number of rotatable bonds is 2. The van der Waals surface area contributed by atoms with E-state index in [1.165, 1.54) is 11.8 Å². The van der Waals surface area contributed by atoms with Crippen molar-refractivity contribution < 1.29 is 4.79 Å². The maximum Gasteiger partial charge on any atom is 0.263 e. The highest BCUT2D eigenvalue weighted by atomic mass is 16.2. The van der Waals surface area contributed by atoms with E-state index < -0.39 is 0 Å². The van der Waals surface area contributed by atoms with Crippen LogP contribution in [0, 0.1) is 0 Å². The van der Waals surface area contributed by atoms with E-state index >= 15 is 0 Å². The molecular formula is C19H20N6O2.